The maximum absolute atomic E-state index is 5.51. The average molecular weight is 241 g/mol. The van der Waals surface area contributed by atoms with Gasteiger partial charge < -0.3 is 10.1 Å². The van der Waals surface area contributed by atoms with Gasteiger partial charge in [0, 0.05) is 18.0 Å². The van der Waals surface area contributed by atoms with Gasteiger partial charge in [-0.25, -0.2) is 0 Å². The minimum atomic E-state index is 0.694. The first-order valence-electron chi connectivity index (χ1n) is 6.37. The summed E-state index contributed by atoms with van der Waals surface area (Å²) in [6, 6.07) is 18.5. The summed E-state index contributed by atoms with van der Waals surface area (Å²) >= 11 is 0. The van der Waals surface area contributed by atoms with E-state index in [0.29, 0.717) is 6.61 Å². The van der Waals surface area contributed by atoms with Gasteiger partial charge in [0.15, 0.2) is 0 Å². The summed E-state index contributed by atoms with van der Waals surface area (Å²) in [6.45, 7) is 3.64. The highest BCUT2D eigenvalue weighted by molar-refractivity contribution is 5.59. The predicted molar refractivity (Wildman–Crippen MR) is 76.1 cm³/mol. The number of hydrogen-bond acceptors (Lipinski definition) is 2. The number of benzene rings is 2. The van der Waals surface area contributed by atoms with Crippen LogP contribution >= 0.6 is 0 Å². The number of hydrogen-bond donors (Lipinski definition) is 1. The van der Waals surface area contributed by atoms with Crippen molar-refractivity contribution in [2.75, 3.05) is 11.9 Å². The molecular formula is C16H19NO. The fraction of sp³-hybridized carbons (Fsp3) is 0.250. The van der Waals surface area contributed by atoms with Crippen LogP contribution in [0.25, 0.3) is 0 Å². The lowest BCUT2D eigenvalue weighted by atomic mass is 10.2. The largest absolute Gasteiger partial charge is 0.377 e. The van der Waals surface area contributed by atoms with Crippen molar-refractivity contribution in [2.45, 2.75) is 20.0 Å². The zero-order chi connectivity index (χ0) is 12.6. The number of para-hydroxylation sites is 1. The summed E-state index contributed by atoms with van der Waals surface area (Å²) in [4.78, 5) is 0. The number of nitrogens with one attached hydrogen (secondary N) is 1. The molecule has 0 aliphatic carbocycles. The van der Waals surface area contributed by atoms with Crippen LogP contribution in [-0.2, 0) is 11.3 Å². The molecule has 2 aromatic rings. The highest BCUT2D eigenvalue weighted by Gasteiger charge is 1.95. The van der Waals surface area contributed by atoms with Crippen LogP contribution in [0, 0.1) is 0 Å². The molecular weight excluding hydrogens is 222 g/mol. The second-order valence-corrected chi connectivity index (χ2v) is 4.24. The van der Waals surface area contributed by atoms with Gasteiger partial charge in [-0.2, -0.15) is 0 Å². The lowest BCUT2D eigenvalue weighted by molar-refractivity contribution is 0.121. The van der Waals surface area contributed by atoms with Crippen molar-refractivity contribution in [1.82, 2.24) is 0 Å². The Balaban J connectivity index is 1.91. The van der Waals surface area contributed by atoms with Crippen LogP contribution in [-0.4, -0.2) is 6.61 Å². The molecule has 0 radical (unpaired) electrons. The van der Waals surface area contributed by atoms with Crippen molar-refractivity contribution in [1.29, 1.82) is 0 Å². The third-order valence-electron chi connectivity index (χ3n) is 2.63. The molecule has 2 heteroatoms. The van der Waals surface area contributed by atoms with Crippen molar-refractivity contribution in [3.8, 4) is 0 Å². The van der Waals surface area contributed by atoms with Crippen LogP contribution in [0.2, 0.25) is 0 Å². The highest BCUT2D eigenvalue weighted by atomic mass is 16.5. The van der Waals surface area contributed by atoms with Gasteiger partial charge in [-0.15, -0.1) is 0 Å². The number of rotatable bonds is 6. The van der Waals surface area contributed by atoms with E-state index in [4.69, 9.17) is 4.74 Å². The second kappa shape index (κ2) is 6.82. The Labute approximate surface area is 109 Å². The monoisotopic (exact) mass is 241 g/mol. The molecule has 2 rings (SSSR count). The van der Waals surface area contributed by atoms with Crippen molar-refractivity contribution in [2.24, 2.45) is 0 Å². The van der Waals surface area contributed by atoms with E-state index >= 15 is 0 Å². The van der Waals surface area contributed by atoms with Crippen molar-refractivity contribution < 1.29 is 4.74 Å². The van der Waals surface area contributed by atoms with Crippen LogP contribution in [0.1, 0.15) is 18.9 Å². The molecule has 0 amide bonds. The summed E-state index contributed by atoms with van der Waals surface area (Å²) in [5.74, 6) is 0. The summed E-state index contributed by atoms with van der Waals surface area (Å²) in [6.07, 6.45) is 1.06. The Bertz CT molecular complexity index is 450. The van der Waals surface area contributed by atoms with Crippen LogP contribution in [0.3, 0.4) is 0 Å². The topological polar surface area (TPSA) is 21.3 Å². The van der Waals surface area contributed by atoms with Crippen LogP contribution < -0.4 is 5.32 Å². The molecule has 0 unspecified atom stereocenters. The van der Waals surface area contributed by atoms with Gasteiger partial charge >= 0.3 is 0 Å². The maximum Gasteiger partial charge on any atom is 0.0716 e. The molecule has 94 valence electrons. The normalized spacial score (nSPS) is 10.3. The van der Waals surface area contributed by atoms with E-state index in [1.54, 1.807) is 0 Å². The Kier molecular flexibility index (Phi) is 4.79. The fourth-order valence-corrected chi connectivity index (χ4v) is 1.71. The van der Waals surface area contributed by atoms with Gasteiger partial charge in [0.25, 0.3) is 0 Å². The van der Waals surface area contributed by atoms with E-state index < -0.39 is 0 Å². The summed E-state index contributed by atoms with van der Waals surface area (Å²) in [5, 5.41) is 3.36. The summed E-state index contributed by atoms with van der Waals surface area (Å²) in [5.41, 5.74) is 3.41. The van der Waals surface area contributed by atoms with E-state index in [9.17, 15) is 0 Å². The predicted octanol–water partition coefficient (Wildman–Crippen LogP) is 4.36. The van der Waals surface area contributed by atoms with Crippen molar-refractivity contribution in [3.63, 3.8) is 0 Å². The molecule has 2 nitrogen and oxygen atoms in total. The van der Waals surface area contributed by atoms with Gasteiger partial charge in [-0.3, -0.25) is 0 Å². The van der Waals surface area contributed by atoms with Crippen LogP contribution in [0.5, 0.6) is 0 Å². The lowest BCUT2D eigenvalue weighted by Crippen LogP contribution is -1.95. The zero-order valence-electron chi connectivity index (χ0n) is 10.7. The molecule has 0 heterocycles. The third kappa shape index (κ3) is 3.90. The third-order valence-corrected chi connectivity index (χ3v) is 2.63. The molecule has 0 aliphatic heterocycles. The number of ether oxygens (including phenoxy) is 1. The molecule has 18 heavy (non-hydrogen) atoms. The van der Waals surface area contributed by atoms with E-state index in [-0.39, 0.29) is 0 Å². The van der Waals surface area contributed by atoms with Gasteiger partial charge in [0.05, 0.1) is 6.61 Å². The first-order chi connectivity index (χ1) is 8.88. The van der Waals surface area contributed by atoms with E-state index in [0.717, 1.165) is 24.4 Å². The first kappa shape index (κ1) is 12.7. The minimum Gasteiger partial charge on any atom is -0.377 e. The lowest BCUT2D eigenvalue weighted by Gasteiger charge is -2.07. The molecule has 0 aromatic heterocycles. The highest BCUT2D eigenvalue weighted by Crippen LogP contribution is 2.16. The smallest absolute Gasteiger partial charge is 0.0716 e. The minimum absolute atomic E-state index is 0.694. The Morgan fingerprint density at radius 1 is 0.889 bits per heavy atom. The first-order valence-corrected chi connectivity index (χ1v) is 6.37. The fourth-order valence-electron chi connectivity index (χ4n) is 1.71. The number of anilines is 2. The van der Waals surface area contributed by atoms with Crippen LogP contribution in [0.4, 0.5) is 11.4 Å². The molecule has 0 saturated carbocycles. The Hall–Kier alpha value is -1.80. The molecule has 1 N–H and O–H groups in total. The van der Waals surface area contributed by atoms with Crippen LogP contribution in [0.15, 0.2) is 54.6 Å². The van der Waals surface area contributed by atoms with Crippen molar-refractivity contribution >= 4 is 11.4 Å². The van der Waals surface area contributed by atoms with Gasteiger partial charge in [-0.1, -0.05) is 37.3 Å². The average Bonchev–Trinajstić information content (AvgIpc) is 2.42. The van der Waals surface area contributed by atoms with Gasteiger partial charge in [0.1, 0.15) is 0 Å². The zero-order valence-corrected chi connectivity index (χ0v) is 10.7. The molecule has 0 bridgehead atoms. The van der Waals surface area contributed by atoms with Gasteiger partial charge in [0.2, 0.25) is 0 Å². The summed E-state index contributed by atoms with van der Waals surface area (Å²) < 4.78 is 5.51. The molecule has 0 saturated heterocycles. The quantitative estimate of drug-likeness (QED) is 0.759. The molecule has 0 spiro atoms. The van der Waals surface area contributed by atoms with E-state index in [1.165, 1.54) is 5.56 Å². The SMILES string of the molecule is CCCOCc1ccc(Nc2ccccc2)cc1. The Morgan fingerprint density at radius 2 is 1.56 bits per heavy atom. The standard InChI is InChI=1S/C16H19NO/c1-2-12-18-13-14-8-10-16(11-9-14)17-15-6-4-3-5-7-15/h3-11,17H,2,12-13H2,1H3. The second-order valence-electron chi connectivity index (χ2n) is 4.24. The molecule has 2 aromatic carbocycles. The molecule has 0 fully saturated rings. The van der Waals surface area contributed by atoms with E-state index in [2.05, 4.69) is 48.6 Å². The van der Waals surface area contributed by atoms with Gasteiger partial charge in [-0.05, 0) is 36.2 Å². The summed E-state index contributed by atoms with van der Waals surface area (Å²) in [7, 11) is 0. The van der Waals surface area contributed by atoms with E-state index in [1.807, 2.05) is 18.2 Å². The maximum atomic E-state index is 5.51. The molecule has 0 atom stereocenters. The Morgan fingerprint density at radius 3 is 2.22 bits per heavy atom. The molecule has 0 aliphatic rings. The van der Waals surface area contributed by atoms with Crippen molar-refractivity contribution in [3.05, 3.63) is 60.2 Å².